The Morgan fingerprint density at radius 2 is 0.770 bits per heavy atom. The molecule has 19 N–H and O–H groups in total. The number of rotatable bonds is 23. The van der Waals surface area contributed by atoms with Gasteiger partial charge in [-0.25, -0.2) is 20.0 Å². The first-order valence-electron chi connectivity index (χ1n) is 36.4. The van der Waals surface area contributed by atoms with E-state index in [0.29, 0.717) is 91.2 Å². The summed E-state index contributed by atoms with van der Waals surface area (Å²) < 4.78 is 48.7. The normalized spacial score (nSPS) is 31.5. The molecule has 0 saturated carbocycles. The van der Waals surface area contributed by atoms with Crippen molar-refractivity contribution >= 4 is 133 Å². The zero-order chi connectivity index (χ0) is 85.4. The Balaban J connectivity index is 0.000000220. The first-order chi connectivity index (χ1) is 52.1. The highest BCUT2D eigenvalue weighted by molar-refractivity contribution is 9.12. The van der Waals surface area contributed by atoms with E-state index in [1.54, 1.807) is 70.5 Å². The Morgan fingerprint density at radius 1 is 0.451 bits per heavy atom. The second kappa shape index (κ2) is 40.6. The summed E-state index contributed by atoms with van der Waals surface area (Å²) in [6.07, 6.45) is 24.1. The summed E-state index contributed by atoms with van der Waals surface area (Å²) in [6.45, 7) is 30.8. The van der Waals surface area contributed by atoms with E-state index in [1.165, 1.54) is 19.1 Å². The van der Waals surface area contributed by atoms with Gasteiger partial charge in [-0.3, -0.25) is 0 Å². The number of hydrogen-bond donors (Lipinski definition) is 14. The Kier molecular flexibility index (Phi) is 35.0. The lowest BCUT2D eigenvalue weighted by atomic mass is 10.0. The number of allylic oxidation sites excluding steroid dienone is 2. The minimum absolute atomic E-state index is 0.210. The molecule has 638 valence electrons. The molecule has 1 aromatic rings. The van der Waals surface area contributed by atoms with Crippen LogP contribution in [-0.4, -0.2) is 359 Å². The maximum atomic E-state index is 10.6. The molecule has 0 unspecified atom stereocenters. The molecule has 1 aromatic heterocycles. The number of ether oxygens (including phenoxy) is 8. The summed E-state index contributed by atoms with van der Waals surface area (Å²) in [5.41, 5.74) is 30.7. The van der Waals surface area contributed by atoms with Crippen LogP contribution in [0.1, 0.15) is 43.8 Å². The molecular weight excluding hydrogens is 1700 g/mol. The summed E-state index contributed by atoms with van der Waals surface area (Å²) in [6, 6.07) is 0. The maximum absolute atomic E-state index is 10.6. The third-order valence-electron chi connectivity index (χ3n) is 19.4. The summed E-state index contributed by atoms with van der Waals surface area (Å²) in [7, 11) is 6.30. The fourth-order valence-corrected chi connectivity index (χ4v) is 18.4. The fraction of sp³-hybridized carbons (Fsp3) is 0.595. The highest BCUT2D eigenvalue weighted by Crippen LogP contribution is 2.46. The lowest BCUT2D eigenvalue weighted by Gasteiger charge is -2.32. The van der Waals surface area contributed by atoms with Crippen LogP contribution in [0.15, 0.2) is 128 Å². The standard InChI is InChI=1S/C16H28N3O4P.C15H24BrN2O3P.C15H26N3O4P.C14H23BrN3O3P.C14H24N3O3PS/c1-10-18-15(17)12(21-2)9-19(10)16-14(22-3)13(20)11(23-16)7-8-24(4,5)6;1-9-7-11(17)10(16)8-18(9)15-14(20)13(19)12(21-15)5-6-22(2,3)4;1-9-17-14(16)11(21-2)8-18(9)15-13(20)12(19)10(22-15)6-7-23(3,4)5;1-8-17-13(16)9(15)7-18(8)14-12(20)11(19)10(21-14)5-6-22(2,3)4;1-17-7-8(13(15)16-14(17)22)12-11(19)10(18)9(20-12)5-6-21(2,3)4/h9,11,13-14,16,20H,1,4,7-8H2,2-3,5-6H3,(H2,17,18);7-8,12-15,19-20H,1-2,5-6,17H2,3-4H3;8,10,12-13,15,19-20H,1,3,6-7H2,2,4-5H3,(H2,16,17);7,10-12,14,19-20H,1-2,5-6H2,3-4H3,(H2,16,17);7,9-12,18-19H,2,5-6H2,1,3-4H3,(H2,15,16,22)/t11-,13-,14-,16-;12-,13-,14-,15-;10-,12-,13-,15-;10-,11-,12-,14-;9-,10-,11-,12+/m11111/s1. The second-order valence-corrected chi connectivity index (χ2v) is 56.2. The molecule has 9 aliphatic heterocycles. The van der Waals surface area contributed by atoms with E-state index in [-0.39, 0.29) is 23.6 Å². The van der Waals surface area contributed by atoms with Crippen LogP contribution in [0.3, 0.4) is 0 Å². The molecule has 5 saturated heterocycles. The lowest BCUT2D eigenvalue weighted by Crippen LogP contribution is -2.43. The van der Waals surface area contributed by atoms with Crippen LogP contribution in [-0.2, 0) is 44.9 Å². The average Bonchev–Trinajstić information content (AvgIpc) is 1.68. The summed E-state index contributed by atoms with van der Waals surface area (Å²) in [5.74, 6) is 2.89. The third kappa shape index (κ3) is 26.8. The second-order valence-electron chi connectivity index (χ2n) is 32.5. The number of aliphatic hydroxyl groups is 9. The van der Waals surface area contributed by atoms with Crippen LogP contribution in [0.4, 0.5) is 5.82 Å². The molecule has 9 aliphatic rings. The number of aryl methyl sites for hydroxylation is 1. The third-order valence-corrected chi connectivity index (χ3v) is 28.4. The molecule has 39 heteroatoms. The highest BCUT2D eigenvalue weighted by atomic mass is 79.9. The van der Waals surface area contributed by atoms with Crippen LogP contribution < -0.4 is 28.7 Å². The number of aromatic nitrogens is 2. The van der Waals surface area contributed by atoms with Crippen LogP contribution >= 0.6 is 78.5 Å². The first-order valence-corrected chi connectivity index (χ1v) is 53.7. The molecule has 31 nitrogen and oxygen atoms in total. The van der Waals surface area contributed by atoms with Crippen LogP contribution in [0.25, 0.3) is 0 Å². The van der Waals surface area contributed by atoms with Gasteiger partial charge in [0.15, 0.2) is 48.1 Å². The number of amidine groups is 3. The maximum Gasteiger partial charge on any atom is 0.201 e. The van der Waals surface area contributed by atoms with Gasteiger partial charge in [0.1, 0.15) is 96.3 Å². The minimum atomic E-state index is -1.23. The van der Waals surface area contributed by atoms with Gasteiger partial charge in [0.25, 0.3) is 0 Å². The van der Waals surface area contributed by atoms with Crippen LogP contribution in [0.2, 0.25) is 0 Å². The molecular formula is C74H125Br2N14O17P5S. The molecule has 113 heavy (non-hydrogen) atoms. The number of halogens is 2. The quantitative estimate of drug-likeness (QED) is 0.0535. The van der Waals surface area contributed by atoms with Crippen molar-refractivity contribution in [2.24, 2.45) is 45.0 Å². The molecule has 0 amide bonds. The summed E-state index contributed by atoms with van der Waals surface area (Å²) in [4.78, 5) is 22.9. The van der Waals surface area contributed by atoms with Gasteiger partial charge < -0.3 is 137 Å². The van der Waals surface area contributed by atoms with E-state index in [2.05, 4.69) is 176 Å². The lowest BCUT2D eigenvalue weighted by molar-refractivity contribution is -0.0708. The highest BCUT2D eigenvalue weighted by Gasteiger charge is 2.51. The molecule has 0 aliphatic carbocycles. The van der Waals surface area contributed by atoms with Crippen LogP contribution in [0, 0.1) is 4.77 Å². The van der Waals surface area contributed by atoms with Gasteiger partial charge in [0.05, 0.1) is 66.1 Å². The largest absolute Gasteiger partial charge is 0.491 e. The average molecular weight is 1830 g/mol. The van der Waals surface area contributed by atoms with E-state index in [1.807, 2.05) is 0 Å². The van der Waals surface area contributed by atoms with E-state index >= 15 is 0 Å². The first kappa shape index (κ1) is 97.5. The van der Waals surface area contributed by atoms with Crippen molar-refractivity contribution in [2.45, 2.75) is 155 Å². The zero-order valence-corrected chi connectivity index (χ0v) is 76.0. The van der Waals surface area contributed by atoms with Crippen molar-refractivity contribution in [2.75, 3.05) is 125 Å². The molecule has 10 heterocycles. The molecule has 0 bridgehead atoms. The van der Waals surface area contributed by atoms with Crippen molar-refractivity contribution in [1.29, 1.82) is 0 Å². The van der Waals surface area contributed by atoms with Gasteiger partial charge in [-0.2, -0.15) is 0 Å². The molecule has 20 atom stereocenters. The predicted molar refractivity (Wildman–Crippen MR) is 478 cm³/mol. The Morgan fingerprint density at radius 3 is 1.14 bits per heavy atom. The van der Waals surface area contributed by atoms with E-state index < -0.39 is 151 Å². The van der Waals surface area contributed by atoms with E-state index in [9.17, 15) is 46.0 Å². The number of aliphatic imine (C=N–C) groups is 3. The van der Waals surface area contributed by atoms with Crippen LogP contribution in [0.5, 0.6) is 0 Å². The molecule has 0 radical (unpaired) electrons. The van der Waals surface area contributed by atoms with Crippen molar-refractivity contribution in [1.82, 2.24) is 29.2 Å². The number of aliphatic hydroxyl groups excluding tert-OH is 9. The van der Waals surface area contributed by atoms with E-state index in [4.69, 9.17) is 78.8 Å². The molecule has 0 aromatic carbocycles. The smallest absolute Gasteiger partial charge is 0.201 e. The fourth-order valence-electron chi connectivity index (χ4n) is 12.8. The van der Waals surface area contributed by atoms with Gasteiger partial charge >= 0.3 is 0 Å². The van der Waals surface area contributed by atoms with Gasteiger partial charge in [0, 0.05) is 49.7 Å². The van der Waals surface area contributed by atoms with Gasteiger partial charge in [0.2, 0.25) is 4.77 Å². The summed E-state index contributed by atoms with van der Waals surface area (Å²) in [5, 5.41) is 92.8. The number of methoxy groups -OCH3 is 3. The molecule has 5 fully saturated rings. The van der Waals surface area contributed by atoms with Crippen molar-refractivity contribution in [3.05, 3.63) is 123 Å². The number of hydrogen-bond acceptors (Lipinski definition) is 31. The summed E-state index contributed by atoms with van der Waals surface area (Å²) >= 11 is 11.7. The number of nitrogens with zero attached hydrogens (tertiary/aromatic N) is 9. The molecule has 10 rings (SSSR count). The Hall–Kier alpha value is -4.37. The van der Waals surface area contributed by atoms with Crippen molar-refractivity contribution in [3.8, 4) is 0 Å². The predicted octanol–water partition coefficient (Wildman–Crippen LogP) is 4.33. The number of nitrogens with two attached hydrogens (primary N) is 5. The van der Waals surface area contributed by atoms with Gasteiger partial charge in [-0.05, 0) is 180 Å². The Bertz CT molecular complexity index is 4090. The van der Waals surface area contributed by atoms with Crippen molar-refractivity contribution in [3.63, 3.8) is 0 Å². The zero-order valence-electron chi connectivity index (χ0n) is 67.5. The van der Waals surface area contributed by atoms with E-state index in [0.717, 1.165) is 37.2 Å². The SMILES string of the molecule is C=C1C=C(N)C(Br)=CN1[C@@H]1O[C@H](CCP(=C)(C)C)[C@@H](O)[C@H]1O.C=C1N=C(N)C(Br)=CN1[C@@H]1O[C@H](CCP(=C)(C)C)[C@@H](O)[C@H]1O.C=C1N=C(N)C(OC)=CN1[C@@H]1O[C@H](CCP(=C)(C)C)[C@@H](O)[C@H]1O.C=C1N=C(N)C(OC)=CN1[C@@H]1O[C@H](CCP(=C)(C)C)[C@@H](O)[C@H]1OC.C=P(C)(C)CC[C@H]1O[C@@H](c2cn(C)c(=S)nc2N)[C@H](O)[C@@H]1O. The number of nitrogen functional groups attached to an aromatic ring is 1. The van der Waals surface area contributed by atoms with Crippen molar-refractivity contribution < 1.29 is 83.9 Å². The van der Waals surface area contributed by atoms with Gasteiger partial charge in [-0.1, -0.05) is 26.3 Å². The minimum Gasteiger partial charge on any atom is -0.491 e. The topological polar surface area (TPSA) is 454 Å². The van der Waals surface area contributed by atoms with Gasteiger partial charge in [-0.15, -0.1) is 65.9 Å². The monoisotopic (exact) mass is 1830 g/mol. The Labute approximate surface area is 689 Å². The number of anilines is 1. The molecule has 0 spiro atoms.